The predicted molar refractivity (Wildman–Crippen MR) is 145 cm³/mol. The van der Waals surface area contributed by atoms with Crippen molar-refractivity contribution in [3.8, 4) is 22.6 Å². The van der Waals surface area contributed by atoms with Gasteiger partial charge in [0.1, 0.15) is 24.7 Å². The molecule has 2 aromatic carbocycles. The smallest absolute Gasteiger partial charge is 0.168 e. The first kappa shape index (κ1) is 27.2. The Labute approximate surface area is 212 Å². The fraction of sp³-hybridized carbons (Fsp3) is 0.567. The molecule has 5 nitrogen and oxygen atoms in total. The molecule has 3 rings (SSSR count). The van der Waals surface area contributed by atoms with Gasteiger partial charge in [0.05, 0.1) is 0 Å². The lowest BCUT2D eigenvalue weighted by atomic mass is 9.84. The van der Waals surface area contributed by atoms with Gasteiger partial charge in [-0.25, -0.2) is 0 Å². The van der Waals surface area contributed by atoms with Gasteiger partial charge in [0.25, 0.3) is 0 Å². The highest BCUT2D eigenvalue weighted by atomic mass is 16.5. The molecule has 0 heterocycles. The van der Waals surface area contributed by atoms with Crippen LogP contribution in [0.4, 0.5) is 0 Å². The number of ketones is 1. The zero-order valence-corrected chi connectivity index (χ0v) is 22.3. The summed E-state index contributed by atoms with van der Waals surface area (Å²) in [6.07, 6.45) is 5.01. The van der Waals surface area contributed by atoms with E-state index in [1.807, 2.05) is 30.3 Å². The first-order chi connectivity index (χ1) is 17.1. The standard InChI is InChI=1S/C30H44N2O3/c1-5-13-31(14-6-2)17-19-34-25-9-11-27-24(21-25)22-30(33)29-23-26(10-12-28(27)29)35-20-18-32(15-7-3)16-8-4/h9-12,21,23H,5-8,13-20,22H2,1-4H3. The lowest BCUT2D eigenvalue weighted by Gasteiger charge is -2.23. The van der Waals surface area contributed by atoms with E-state index in [4.69, 9.17) is 9.47 Å². The number of rotatable bonds is 16. The molecule has 192 valence electrons. The minimum atomic E-state index is 0.144. The highest BCUT2D eigenvalue weighted by Gasteiger charge is 2.23. The molecule has 1 aliphatic rings. The van der Waals surface area contributed by atoms with Crippen LogP contribution in [0.1, 0.15) is 69.3 Å². The second-order valence-corrected chi connectivity index (χ2v) is 9.51. The Kier molecular flexibility index (Phi) is 11.1. The highest BCUT2D eigenvalue weighted by molar-refractivity contribution is 6.07. The van der Waals surface area contributed by atoms with Crippen LogP contribution < -0.4 is 9.47 Å². The van der Waals surface area contributed by atoms with E-state index in [9.17, 15) is 4.79 Å². The van der Waals surface area contributed by atoms with Crippen LogP contribution in [0, 0.1) is 0 Å². The zero-order chi connectivity index (χ0) is 25.0. The third kappa shape index (κ3) is 7.81. The molecular formula is C30H44N2O3. The average molecular weight is 481 g/mol. The molecule has 0 unspecified atom stereocenters. The average Bonchev–Trinajstić information content (AvgIpc) is 2.85. The molecule has 0 bridgehead atoms. The molecule has 0 atom stereocenters. The van der Waals surface area contributed by atoms with E-state index in [1.54, 1.807) is 0 Å². The Morgan fingerprint density at radius 2 is 1.11 bits per heavy atom. The molecular weight excluding hydrogens is 436 g/mol. The van der Waals surface area contributed by atoms with E-state index in [0.717, 1.165) is 98.7 Å². The molecule has 0 aliphatic heterocycles. The summed E-state index contributed by atoms with van der Waals surface area (Å²) in [4.78, 5) is 17.9. The summed E-state index contributed by atoms with van der Waals surface area (Å²) in [5.74, 6) is 1.76. The van der Waals surface area contributed by atoms with Crippen LogP contribution in [-0.4, -0.2) is 68.1 Å². The van der Waals surface area contributed by atoms with E-state index >= 15 is 0 Å². The van der Waals surface area contributed by atoms with Crippen LogP contribution in [0.5, 0.6) is 11.5 Å². The van der Waals surface area contributed by atoms with Crippen molar-refractivity contribution in [3.63, 3.8) is 0 Å². The van der Waals surface area contributed by atoms with Crippen LogP contribution in [0.2, 0.25) is 0 Å². The Hall–Kier alpha value is -2.37. The van der Waals surface area contributed by atoms with Crippen molar-refractivity contribution in [2.24, 2.45) is 0 Å². The zero-order valence-electron chi connectivity index (χ0n) is 22.3. The fourth-order valence-electron chi connectivity index (χ4n) is 4.94. The Morgan fingerprint density at radius 3 is 1.63 bits per heavy atom. The second kappa shape index (κ2) is 14.3. The summed E-state index contributed by atoms with van der Waals surface area (Å²) in [6, 6.07) is 12.1. The molecule has 5 heteroatoms. The summed E-state index contributed by atoms with van der Waals surface area (Å²) in [7, 11) is 0. The van der Waals surface area contributed by atoms with E-state index < -0.39 is 0 Å². The van der Waals surface area contributed by atoms with Gasteiger partial charge in [-0.05, 0) is 98.9 Å². The van der Waals surface area contributed by atoms with Crippen LogP contribution >= 0.6 is 0 Å². The number of hydrogen-bond acceptors (Lipinski definition) is 5. The number of carbonyl (C=O) groups excluding carboxylic acids is 1. The predicted octanol–water partition coefficient (Wildman–Crippen LogP) is 6.09. The maximum Gasteiger partial charge on any atom is 0.168 e. The number of ether oxygens (including phenoxy) is 2. The maximum atomic E-state index is 13.0. The van der Waals surface area contributed by atoms with Gasteiger partial charge in [0.15, 0.2) is 5.78 Å². The number of hydrogen-bond donors (Lipinski definition) is 0. The van der Waals surface area contributed by atoms with Gasteiger partial charge in [0.2, 0.25) is 0 Å². The van der Waals surface area contributed by atoms with Crippen LogP contribution in [-0.2, 0) is 6.42 Å². The van der Waals surface area contributed by atoms with E-state index in [2.05, 4.69) is 43.6 Å². The van der Waals surface area contributed by atoms with Crippen LogP contribution in [0.3, 0.4) is 0 Å². The minimum absolute atomic E-state index is 0.144. The van der Waals surface area contributed by atoms with Gasteiger partial charge in [0, 0.05) is 25.1 Å². The van der Waals surface area contributed by atoms with Gasteiger partial charge in [-0.3, -0.25) is 14.6 Å². The molecule has 2 aromatic rings. The molecule has 0 saturated heterocycles. The van der Waals surface area contributed by atoms with Gasteiger partial charge in [-0.15, -0.1) is 0 Å². The monoisotopic (exact) mass is 480 g/mol. The Morgan fingerprint density at radius 1 is 0.629 bits per heavy atom. The number of fused-ring (bicyclic) bond motifs is 3. The molecule has 1 aliphatic carbocycles. The van der Waals surface area contributed by atoms with E-state index in [1.165, 1.54) is 0 Å². The molecule has 0 aromatic heterocycles. The number of Topliss-reactive ketones (excluding diaryl/α,β-unsaturated/α-hetero) is 1. The minimum Gasteiger partial charge on any atom is -0.492 e. The van der Waals surface area contributed by atoms with E-state index in [0.29, 0.717) is 19.6 Å². The van der Waals surface area contributed by atoms with Crippen molar-refractivity contribution >= 4 is 5.78 Å². The normalized spacial score (nSPS) is 12.7. The van der Waals surface area contributed by atoms with Crippen molar-refractivity contribution in [1.82, 2.24) is 9.80 Å². The lowest BCUT2D eigenvalue weighted by Crippen LogP contribution is -2.30. The number of benzene rings is 2. The largest absolute Gasteiger partial charge is 0.492 e. The fourth-order valence-corrected chi connectivity index (χ4v) is 4.94. The maximum absolute atomic E-state index is 13.0. The molecule has 35 heavy (non-hydrogen) atoms. The molecule has 0 saturated carbocycles. The van der Waals surface area contributed by atoms with Gasteiger partial charge < -0.3 is 9.47 Å². The topological polar surface area (TPSA) is 42.0 Å². The molecule has 0 N–H and O–H groups in total. The van der Waals surface area contributed by atoms with Crippen molar-refractivity contribution in [2.75, 3.05) is 52.5 Å². The Bertz CT molecular complexity index is 931. The third-order valence-electron chi connectivity index (χ3n) is 6.52. The highest BCUT2D eigenvalue weighted by Crippen LogP contribution is 2.37. The third-order valence-corrected chi connectivity index (χ3v) is 6.52. The van der Waals surface area contributed by atoms with Crippen LogP contribution in [0.15, 0.2) is 36.4 Å². The molecule has 0 spiro atoms. The van der Waals surface area contributed by atoms with Crippen molar-refractivity contribution in [3.05, 3.63) is 47.5 Å². The van der Waals surface area contributed by atoms with Crippen molar-refractivity contribution < 1.29 is 14.3 Å². The quantitative estimate of drug-likeness (QED) is 0.291. The second-order valence-electron chi connectivity index (χ2n) is 9.51. The van der Waals surface area contributed by atoms with E-state index in [-0.39, 0.29) is 5.78 Å². The Balaban J connectivity index is 1.62. The van der Waals surface area contributed by atoms with Crippen LogP contribution in [0.25, 0.3) is 11.1 Å². The molecule has 0 amide bonds. The summed E-state index contributed by atoms with van der Waals surface area (Å²) in [5, 5.41) is 0. The summed E-state index contributed by atoms with van der Waals surface area (Å²) in [6.45, 7) is 16.4. The molecule has 0 radical (unpaired) electrons. The van der Waals surface area contributed by atoms with Gasteiger partial charge >= 0.3 is 0 Å². The summed E-state index contributed by atoms with van der Waals surface area (Å²) < 4.78 is 12.1. The first-order valence-electron chi connectivity index (χ1n) is 13.6. The SMILES string of the molecule is CCCN(CCC)CCOc1ccc2c(c1)CC(=O)c1cc(OCCN(CCC)CCC)ccc1-2. The summed E-state index contributed by atoms with van der Waals surface area (Å²) in [5.41, 5.74) is 3.92. The van der Waals surface area contributed by atoms with Crippen molar-refractivity contribution in [2.45, 2.75) is 59.8 Å². The van der Waals surface area contributed by atoms with Crippen molar-refractivity contribution in [1.29, 1.82) is 0 Å². The van der Waals surface area contributed by atoms with Gasteiger partial charge in [-0.1, -0.05) is 33.8 Å². The summed E-state index contributed by atoms with van der Waals surface area (Å²) >= 11 is 0. The first-order valence-corrected chi connectivity index (χ1v) is 13.6. The number of carbonyl (C=O) groups is 1. The number of nitrogens with zero attached hydrogens (tertiary/aromatic N) is 2. The lowest BCUT2D eigenvalue weighted by molar-refractivity contribution is 0.0991. The molecule has 0 fully saturated rings. The van der Waals surface area contributed by atoms with Gasteiger partial charge in [-0.2, -0.15) is 0 Å².